The average Bonchev–Trinajstić information content (AvgIpc) is 2.72. The van der Waals surface area contributed by atoms with Crippen molar-refractivity contribution in [1.29, 1.82) is 0 Å². The van der Waals surface area contributed by atoms with Gasteiger partial charge in [0, 0.05) is 12.8 Å². The van der Waals surface area contributed by atoms with E-state index in [-0.39, 0.29) is 5.54 Å². The van der Waals surface area contributed by atoms with Crippen molar-refractivity contribution in [1.82, 2.24) is 5.32 Å². The minimum absolute atomic E-state index is 0.0671. The largest absolute Gasteiger partial charge is 0.383 e. The van der Waals surface area contributed by atoms with Gasteiger partial charge in [-0.2, -0.15) is 0 Å². The zero-order chi connectivity index (χ0) is 22.2. The third-order valence-corrected chi connectivity index (χ3v) is 4.48. The summed E-state index contributed by atoms with van der Waals surface area (Å²) < 4.78 is 0. The molecule has 0 atom stereocenters. The predicted octanol–water partition coefficient (Wildman–Crippen LogP) is 5.98. The van der Waals surface area contributed by atoms with Gasteiger partial charge in [-0.25, -0.2) is 0 Å². The molecule has 1 rings (SSSR count). The molecular weight excluding hydrogens is 370 g/mol. The van der Waals surface area contributed by atoms with Gasteiger partial charge in [-0.05, 0) is 104 Å². The minimum Gasteiger partial charge on any atom is -0.383 e. The van der Waals surface area contributed by atoms with Gasteiger partial charge in [0.05, 0.1) is 22.6 Å². The van der Waals surface area contributed by atoms with Crippen LogP contribution in [0.2, 0.25) is 0 Å². The summed E-state index contributed by atoms with van der Waals surface area (Å²) in [7, 11) is 0. The first-order chi connectivity index (χ1) is 14.4. The second-order valence-electron chi connectivity index (χ2n) is 8.14. The highest BCUT2D eigenvalue weighted by molar-refractivity contribution is 5.74. The number of nitrogens with zero attached hydrogens (tertiary/aromatic N) is 3. The molecule has 0 aliphatic heterocycles. The maximum atomic E-state index is 4.55. The van der Waals surface area contributed by atoms with Gasteiger partial charge in [-0.1, -0.05) is 18.2 Å². The molecule has 164 valence electrons. The highest BCUT2D eigenvalue weighted by Gasteiger charge is 2.05. The van der Waals surface area contributed by atoms with Crippen LogP contribution in [0.4, 0.5) is 11.4 Å². The van der Waals surface area contributed by atoms with E-state index in [0.29, 0.717) is 0 Å². The van der Waals surface area contributed by atoms with Crippen LogP contribution in [0.1, 0.15) is 53.4 Å². The summed E-state index contributed by atoms with van der Waals surface area (Å²) in [5.41, 5.74) is 4.01. The van der Waals surface area contributed by atoms with Crippen LogP contribution >= 0.6 is 0 Å². The van der Waals surface area contributed by atoms with E-state index in [1.807, 2.05) is 43.5 Å². The van der Waals surface area contributed by atoms with Gasteiger partial charge in [0.1, 0.15) is 0 Å². The topological polar surface area (TPSA) is 61.1 Å². The third kappa shape index (κ3) is 10.9. The van der Waals surface area contributed by atoms with Gasteiger partial charge < -0.3 is 10.6 Å². The van der Waals surface area contributed by atoms with Crippen LogP contribution < -0.4 is 10.6 Å². The lowest BCUT2D eigenvalue weighted by Gasteiger charge is -2.11. The number of aliphatic imine (C=N–C) groups is 3. The molecule has 1 aromatic carbocycles. The molecular formula is C25H39N5. The van der Waals surface area contributed by atoms with Crippen molar-refractivity contribution >= 4 is 31.0 Å². The third-order valence-electron chi connectivity index (χ3n) is 4.48. The summed E-state index contributed by atoms with van der Waals surface area (Å²) in [6, 6.07) is 7.98. The molecule has 5 heteroatoms. The van der Waals surface area contributed by atoms with Crippen molar-refractivity contribution in [2.45, 2.75) is 58.9 Å². The predicted molar refractivity (Wildman–Crippen MR) is 135 cm³/mol. The van der Waals surface area contributed by atoms with Crippen molar-refractivity contribution in [3.8, 4) is 0 Å². The lowest BCUT2D eigenvalue weighted by molar-refractivity contribution is 0.587. The molecule has 0 unspecified atom stereocenters. The highest BCUT2D eigenvalue weighted by Crippen LogP contribution is 2.23. The van der Waals surface area contributed by atoms with Crippen molar-refractivity contribution in [3.63, 3.8) is 0 Å². The number of para-hydroxylation sites is 2. The van der Waals surface area contributed by atoms with Gasteiger partial charge in [0.15, 0.2) is 0 Å². The molecule has 0 heterocycles. The fourth-order valence-corrected chi connectivity index (χ4v) is 2.91. The van der Waals surface area contributed by atoms with E-state index in [2.05, 4.69) is 65.9 Å². The van der Waals surface area contributed by atoms with E-state index in [1.54, 1.807) is 0 Å². The smallest absolute Gasteiger partial charge is 0.0853 e. The molecule has 0 fully saturated rings. The number of unbranched alkanes of at least 4 members (excludes halogenated alkanes) is 1. The zero-order valence-corrected chi connectivity index (χ0v) is 19.2. The van der Waals surface area contributed by atoms with Crippen LogP contribution in [-0.2, 0) is 0 Å². The molecule has 0 bridgehead atoms. The van der Waals surface area contributed by atoms with Gasteiger partial charge in [0.2, 0.25) is 0 Å². The number of rotatable bonds is 14. The number of hydrogen-bond acceptors (Lipinski definition) is 5. The Labute approximate surface area is 183 Å². The summed E-state index contributed by atoms with van der Waals surface area (Å²) >= 11 is 0. The fourth-order valence-electron chi connectivity index (χ4n) is 2.91. The van der Waals surface area contributed by atoms with E-state index >= 15 is 0 Å². The number of hydrogen-bond donors (Lipinski definition) is 2. The summed E-state index contributed by atoms with van der Waals surface area (Å²) in [6.07, 6.45) is 10.2. The molecule has 0 aliphatic rings. The van der Waals surface area contributed by atoms with Crippen molar-refractivity contribution in [2.24, 2.45) is 15.0 Å². The highest BCUT2D eigenvalue weighted by atomic mass is 14.9. The average molecular weight is 410 g/mol. The lowest BCUT2D eigenvalue weighted by atomic mass is 10.0. The standard InChI is InChI=1S/C25H39N5/c1-7-22(26-5)21(16-20-30-25(2,3)4)13-10-11-17-28-18-12-19-29-24-15-9-8-14-23(24)27-6/h7-9,14-16,20,28-29H,5-6,10-13,17-19H2,1-4H3/b21-16-,22-7-,30-20-. The van der Waals surface area contributed by atoms with Crippen molar-refractivity contribution < 1.29 is 0 Å². The molecule has 0 saturated carbocycles. The van der Waals surface area contributed by atoms with Crippen molar-refractivity contribution in [2.75, 3.05) is 25.0 Å². The first-order valence-electron chi connectivity index (χ1n) is 10.8. The van der Waals surface area contributed by atoms with Crippen LogP contribution in [-0.4, -0.2) is 44.8 Å². The van der Waals surface area contributed by atoms with Crippen LogP contribution in [0.3, 0.4) is 0 Å². The van der Waals surface area contributed by atoms with Gasteiger partial charge in [-0.15, -0.1) is 0 Å². The van der Waals surface area contributed by atoms with Crippen molar-refractivity contribution in [3.05, 3.63) is 47.7 Å². The fraction of sp³-hybridized carbons (Fsp3) is 0.480. The monoisotopic (exact) mass is 409 g/mol. The molecule has 0 aromatic heterocycles. The quantitative estimate of drug-likeness (QED) is 0.225. The van der Waals surface area contributed by atoms with E-state index in [4.69, 9.17) is 0 Å². The molecule has 5 nitrogen and oxygen atoms in total. The Hall–Kier alpha value is -2.53. The van der Waals surface area contributed by atoms with Crippen LogP contribution in [0.5, 0.6) is 0 Å². The van der Waals surface area contributed by atoms with Gasteiger partial charge >= 0.3 is 0 Å². The Morgan fingerprint density at radius 1 is 1.03 bits per heavy atom. The van der Waals surface area contributed by atoms with E-state index < -0.39 is 0 Å². The zero-order valence-electron chi connectivity index (χ0n) is 19.2. The van der Waals surface area contributed by atoms with E-state index in [9.17, 15) is 0 Å². The summed E-state index contributed by atoms with van der Waals surface area (Å²) in [6.45, 7) is 18.5. The Kier molecular flexibility index (Phi) is 12.3. The first kappa shape index (κ1) is 25.5. The van der Waals surface area contributed by atoms with E-state index in [0.717, 1.165) is 62.4 Å². The second kappa shape index (κ2) is 14.5. The normalized spacial score (nSPS) is 12.9. The van der Waals surface area contributed by atoms with Gasteiger partial charge in [0.25, 0.3) is 0 Å². The van der Waals surface area contributed by atoms with Crippen LogP contribution in [0, 0.1) is 0 Å². The minimum atomic E-state index is -0.0671. The Bertz CT molecular complexity index is 738. The maximum Gasteiger partial charge on any atom is 0.0853 e. The van der Waals surface area contributed by atoms with E-state index in [1.165, 1.54) is 5.57 Å². The number of benzene rings is 1. The molecule has 0 amide bonds. The Morgan fingerprint density at radius 2 is 1.77 bits per heavy atom. The number of allylic oxidation sites excluding steroid dienone is 3. The van der Waals surface area contributed by atoms with Crippen LogP contribution in [0.25, 0.3) is 0 Å². The number of nitrogens with one attached hydrogen (secondary N) is 2. The molecule has 0 saturated heterocycles. The summed E-state index contributed by atoms with van der Waals surface area (Å²) in [4.78, 5) is 12.7. The molecule has 30 heavy (non-hydrogen) atoms. The summed E-state index contributed by atoms with van der Waals surface area (Å²) in [5, 5.41) is 6.94. The maximum absolute atomic E-state index is 4.55. The van der Waals surface area contributed by atoms with Crippen LogP contribution in [0.15, 0.2) is 62.7 Å². The molecule has 0 aliphatic carbocycles. The lowest BCUT2D eigenvalue weighted by Crippen LogP contribution is -2.19. The molecule has 2 N–H and O–H groups in total. The Balaban J connectivity index is 2.28. The van der Waals surface area contributed by atoms with Gasteiger partial charge in [-0.3, -0.25) is 15.0 Å². The SMILES string of the molecule is C=NC(=C\C)/C(=C\C=N/C(C)(C)C)CCCCNCCCNc1ccccc1N=C. The molecule has 0 radical (unpaired) electrons. The molecule has 0 spiro atoms. The second-order valence-corrected chi connectivity index (χ2v) is 8.14. The molecule has 1 aromatic rings. The summed E-state index contributed by atoms with van der Waals surface area (Å²) in [5.74, 6) is 0. The Morgan fingerprint density at radius 3 is 2.43 bits per heavy atom. The number of anilines is 1. The first-order valence-corrected chi connectivity index (χ1v) is 10.8.